The van der Waals surface area contributed by atoms with E-state index in [4.69, 9.17) is 0 Å². The van der Waals surface area contributed by atoms with E-state index in [0.29, 0.717) is 6.42 Å². The van der Waals surface area contributed by atoms with Gasteiger partial charge in [-0.25, -0.2) is 14.3 Å². The molecular formula is C16H13N3O. The van der Waals surface area contributed by atoms with Gasteiger partial charge in [0.1, 0.15) is 5.82 Å². The molecule has 98 valence electrons. The van der Waals surface area contributed by atoms with Crippen LogP contribution < -0.4 is 5.32 Å². The first kappa shape index (κ1) is 11.2. The standard InChI is InChI=1S/C16H13N3O/c20-16-18-13(11-6-2-1-3-7-11)10-15-17-12-8-4-5-9-14(12)19(15)16/h1-9,13H,10H2,(H,18,20). The SMILES string of the molecule is O=C1NC(c2ccccc2)Cc2nc3ccccc3n21. The third kappa shape index (κ3) is 1.61. The Bertz CT molecular complexity index is 792. The van der Waals surface area contributed by atoms with Crippen LogP contribution in [0.15, 0.2) is 54.6 Å². The minimum absolute atomic E-state index is 0.00647. The predicted molar refractivity (Wildman–Crippen MR) is 76.5 cm³/mol. The van der Waals surface area contributed by atoms with Gasteiger partial charge < -0.3 is 5.32 Å². The summed E-state index contributed by atoms with van der Waals surface area (Å²) in [6, 6.07) is 17.6. The largest absolute Gasteiger partial charge is 0.330 e. The Balaban J connectivity index is 1.82. The van der Waals surface area contributed by atoms with Gasteiger partial charge in [0.25, 0.3) is 0 Å². The summed E-state index contributed by atoms with van der Waals surface area (Å²) in [7, 11) is 0. The Morgan fingerprint density at radius 3 is 2.65 bits per heavy atom. The topological polar surface area (TPSA) is 46.9 Å². The molecule has 20 heavy (non-hydrogen) atoms. The van der Waals surface area contributed by atoms with Crippen molar-refractivity contribution in [2.75, 3.05) is 0 Å². The van der Waals surface area contributed by atoms with Gasteiger partial charge in [0.15, 0.2) is 0 Å². The number of hydrogen-bond acceptors (Lipinski definition) is 2. The van der Waals surface area contributed by atoms with Crippen LogP contribution in [0.25, 0.3) is 11.0 Å². The molecule has 0 aliphatic carbocycles. The van der Waals surface area contributed by atoms with Crippen molar-refractivity contribution in [3.63, 3.8) is 0 Å². The molecule has 4 heteroatoms. The first-order valence-corrected chi connectivity index (χ1v) is 6.65. The Hall–Kier alpha value is -2.62. The molecule has 0 radical (unpaired) electrons. The number of nitrogens with one attached hydrogen (secondary N) is 1. The number of nitrogens with zero attached hydrogens (tertiary/aromatic N) is 2. The lowest BCUT2D eigenvalue weighted by Gasteiger charge is -2.24. The molecule has 1 aliphatic heterocycles. The van der Waals surface area contributed by atoms with Gasteiger partial charge >= 0.3 is 6.03 Å². The molecule has 2 heterocycles. The zero-order chi connectivity index (χ0) is 13.5. The monoisotopic (exact) mass is 263 g/mol. The van der Waals surface area contributed by atoms with Crippen LogP contribution in [-0.2, 0) is 6.42 Å². The second kappa shape index (κ2) is 4.20. The van der Waals surface area contributed by atoms with Gasteiger partial charge in [-0.2, -0.15) is 0 Å². The molecule has 3 aromatic rings. The van der Waals surface area contributed by atoms with Crippen molar-refractivity contribution < 1.29 is 4.79 Å². The normalized spacial score (nSPS) is 17.8. The highest BCUT2D eigenvalue weighted by molar-refractivity contribution is 5.91. The van der Waals surface area contributed by atoms with Gasteiger partial charge in [-0.05, 0) is 17.7 Å². The number of para-hydroxylation sites is 2. The number of rotatable bonds is 1. The first-order valence-electron chi connectivity index (χ1n) is 6.65. The summed E-state index contributed by atoms with van der Waals surface area (Å²) < 4.78 is 1.68. The van der Waals surface area contributed by atoms with Crippen molar-refractivity contribution in [1.29, 1.82) is 0 Å². The molecule has 4 nitrogen and oxygen atoms in total. The lowest BCUT2D eigenvalue weighted by atomic mass is 10.0. The molecule has 0 spiro atoms. The lowest BCUT2D eigenvalue weighted by Crippen LogP contribution is -2.39. The number of aromatic nitrogens is 2. The van der Waals surface area contributed by atoms with Gasteiger partial charge in [0.05, 0.1) is 17.1 Å². The minimum Gasteiger partial charge on any atom is -0.330 e. The smallest absolute Gasteiger partial charge is 0.328 e. The Morgan fingerprint density at radius 2 is 1.80 bits per heavy atom. The number of imidazole rings is 1. The van der Waals surface area contributed by atoms with E-state index in [2.05, 4.69) is 10.3 Å². The summed E-state index contributed by atoms with van der Waals surface area (Å²) in [4.78, 5) is 16.9. The summed E-state index contributed by atoms with van der Waals surface area (Å²) in [5, 5.41) is 3.05. The van der Waals surface area contributed by atoms with Crippen molar-refractivity contribution in [2.45, 2.75) is 12.5 Å². The van der Waals surface area contributed by atoms with E-state index in [-0.39, 0.29) is 12.1 Å². The molecule has 1 N–H and O–H groups in total. The number of fused-ring (bicyclic) bond motifs is 3. The van der Waals surface area contributed by atoms with Crippen LogP contribution in [0, 0.1) is 0 Å². The van der Waals surface area contributed by atoms with E-state index >= 15 is 0 Å². The van der Waals surface area contributed by atoms with Crippen LogP contribution in [0.1, 0.15) is 17.4 Å². The molecule has 4 rings (SSSR count). The van der Waals surface area contributed by atoms with Crippen molar-refractivity contribution in [3.8, 4) is 0 Å². The first-order chi connectivity index (χ1) is 9.83. The van der Waals surface area contributed by atoms with Gasteiger partial charge in [-0.3, -0.25) is 0 Å². The second-order valence-corrected chi connectivity index (χ2v) is 4.97. The minimum atomic E-state index is -0.103. The summed E-state index contributed by atoms with van der Waals surface area (Å²) in [6.07, 6.45) is 0.713. The Morgan fingerprint density at radius 1 is 1.05 bits per heavy atom. The van der Waals surface area contributed by atoms with Crippen molar-refractivity contribution in [2.24, 2.45) is 0 Å². The molecule has 1 atom stereocenters. The average molecular weight is 263 g/mol. The number of carbonyl (C=O) groups is 1. The van der Waals surface area contributed by atoms with Crippen LogP contribution >= 0.6 is 0 Å². The average Bonchev–Trinajstić information content (AvgIpc) is 2.87. The highest BCUT2D eigenvalue weighted by atomic mass is 16.2. The summed E-state index contributed by atoms with van der Waals surface area (Å²) in [5.41, 5.74) is 2.84. The molecule has 1 amide bonds. The maximum atomic E-state index is 12.4. The summed E-state index contributed by atoms with van der Waals surface area (Å²) in [5.74, 6) is 0.823. The molecule has 2 aromatic carbocycles. The molecule has 0 fully saturated rings. The molecule has 0 saturated heterocycles. The zero-order valence-electron chi connectivity index (χ0n) is 10.8. The van der Waals surface area contributed by atoms with E-state index in [1.54, 1.807) is 4.57 Å². The predicted octanol–water partition coefficient (Wildman–Crippen LogP) is 2.89. The highest BCUT2D eigenvalue weighted by Gasteiger charge is 2.27. The van der Waals surface area contributed by atoms with Gasteiger partial charge in [-0.1, -0.05) is 42.5 Å². The van der Waals surface area contributed by atoms with Crippen LogP contribution in [0.2, 0.25) is 0 Å². The molecule has 1 unspecified atom stereocenters. The number of hydrogen-bond donors (Lipinski definition) is 1. The third-order valence-corrected chi connectivity index (χ3v) is 3.72. The third-order valence-electron chi connectivity index (χ3n) is 3.72. The Labute approximate surface area is 116 Å². The summed E-state index contributed by atoms with van der Waals surface area (Å²) in [6.45, 7) is 0. The number of carbonyl (C=O) groups excluding carboxylic acids is 1. The van der Waals surface area contributed by atoms with Gasteiger partial charge in [-0.15, -0.1) is 0 Å². The lowest BCUT2D eigenvalue weighted by molar-refractivity contribution is 0.234. The maximum absolute atomic E-state index is 12.4. The quantitative estimate of drug-likeness (QED) is 0.733. The number of amides is 1. The fourth-order valence-electron chi connectivity index (χ4n) is 2.77. The van der Waals surface area contributed by atoms with E-state index in [1.807, 2.05) is 54.6 Å². The molecular weight excluding hydrogens is 250 g/mol. The Kier molecular flexibility index (Phi) is 2.36. The van der Waals surface area contributed by atoms with E-state index in [1.165, 1.54) is 0 Å². The van der Waals surface area contributed by atoms with Crippen LogP contribution in [0.3, 0.4) is 0 Å². The molecule has 0 bridgehead atoms. The number of benzene rings is 2. The van der Waals surface area contributed by atoms with Gasteiger partial charge in [0, 0.05) is 6.42 Å². The molecule has 1 aliphatic rings. The van der Waals surface area contributed by atoms with Crippen LogP contribution in [0.5, 0.6) is 0 Å². The summed E-state index contributed by atoms with van der Waals surface area (Å²) >= 11 is 0. The van der Waals surface area contributed by atoms with E-state index in [9.17, 15) is 4.79 Å². The fourth-order valence-corrected chi connectivity index (χ4v) is 2.77. The van der Waals surface area contributed by atoms with Crippen LogP contribution in [0.4, 0.5) is 4.79 Å². The van der Waals surface area contributed by atoms with Crippen molar-refractivity contribution in [3.05, 3.63) is 66.0 Å². The maximum Gasteiger partial charge on any atom is 0.328 e. The van der Waals surface area contributed by atoms with Crippen molar-refractivity contribution >= 4 is 17.1 Å². The van der Waals surface area contributed by atoms with E-state index < -0.39 is 0 Å². The fraction of sp³-hybridized carbons (Fsp3) is 0.125. The van der Waals surface area contributed by atoms with Crippen molar-refractivity contribution in [1.82, 2.24) is 14.9 Å². The van der Waals surface area contributed by atoms with Gasteiger partial charge in [0.2, 0.25) is 0 Å². The zero-order valence-corrected chi connectivity index (χ0v) is 10.8. The molecule has 0 saturated carbocycles. The molecule has 1 aromatic heterocycles. The van der Waals surface area contributed by atoms with E-state index in [0.717, 1.165) is 22.4 Å². The highest BCUT2D eigenvalue weighted by Crippen LogP contribution is 2.25. The second-order valence-electron chi connectivity index (χ2n) is 4.97. The van der Waals surface area contributed by atoms with Crippen LogP contribution in [-0.4, -0.2) is 15.6 Å².